The number of rotatable bonds is 7. The number of nitrogens with zero attached hydrogens (tertiary/aromatic N) is 5. The molecule has 37 heavy (non-hydrogen) atoms. The van der Waals surface area contributed by atoms with Crippen LogP contribution in [-0.4, -0.2) is 46.4 Å². The van der Waals surface area contributed by atoms with Crippen LogP contribution in [0.5, 0.6) is 0 Å². The molecule has 8 nitrogen and oxygen atoms in total. The molecule has 2 heterocycles. The molecule has 0 amide bonds. The van der Waals surface area contributed by atoms with E-state index in [-0.39, 0.29) is 23.9 Å². The van der Waals surface area contributed by atoms with Gasteiger partial charge in [-0.25, -0.2) is 14.5 Å². The summed E-state index contributed by atoms with van der Waals surface area (Å²) in [6.07, 6.45) is -8.70. The Morgan fingerprint density at radius 2 is 1.70 bits per heavy atom. The fraction of sp³-hybridized carbons (Fsp3) is 0.292. The summed E-state index contributed by atoms with van der Waals surface area (Å²) in [6.45, 7) is 1.87. The van der Waals surface area contributed by atoms with Crippen LogP contribution in [0.4, 0.5) is 13.2 Å². The molecule has 0 saturated carbocycles. The van der Waals surface area contributed by atoms with Crippen LogP contribution in [0.2, 0.25) is 10.0 Å². The molecule has 13 heteroatoms. The van der Waals surface area contributed by atoms with Gasteiger partial charge in [-0.05, 0) is 44.2 Å². The van der Waals surface area contributed by atoms with Crippen LogP contribution in [0.3, 0.4) is 0 Å². The van der Waals surface area contributed by atoms with E-state index in [4.69, 9.17) is 23.2 Å². The number of aliphatic hydroxyl groups is 2. The molecule has 2 N–H and O–H groups in total. The molecule has 0 aliphatic carbocycles. The lowest BCUT2D eigenvalue weighted by atomic mass is 10.1. The van der Waals surface area contributed by atoms with Gasteiger partial charge in [0.1, 0.15) is 6.10 Å². The summed E-state index contributed by atoms with van der Waals surface area (Å²) < 4.78 is 43.0. The molecule has 0 bridgehead atoms. The fourth-order valence-corrected chi connectivity index (χ4v) is 4.27. The summed E-state index contributed by atoms with van der Waals surface area (Å²) in [4.78, 5) is 17.7. The number of aromatic nitrogens is 5. The molecule has 0 aliphatic rings. The van der Waals surface area contributed by atoms with Gasteiger partial charge >= 0.3 is 11.9 Å². The van der Waals surface area contributed by atoms with E-state index in [9.17, 15) is 28.2 Å². The number of alkyl halides is 3. The van der Waals surface area contributed by atoms with E-state index in [0.717, 1.165) is 4.57 Å². The van der Waals surface area contributed by atoms with Crippen molar-refractivity contribution in [2.24, 2.45) is 0 Å². The lowest BCUT2D eigenvalue weighted by Gasteiger charge is -2.16. The molecule has 0 fully saturated rings. The Kier molecular flexibility index (Phi) is 7.52. The van der Waals surface area contributed by atoms with Crippen molar-refractivity contribution in [3.63, 3.8) is 0 Å². The van der Waals surface area contributed by atoms with Crippen LogP contribution in [0.25, 0.3) is 16.9 Å². The van der Waals surface area contributed by atoms with Crippen LogP contribution < -0.4 is 5.69 Å². The van der Waals surface area contributed by atoms with Crippen LogP contribution in [0.15, 0.2) is 53.3 Å². The third-order valence-electron chi connectivity index (χ3n) is 5.73. The Labute approximate surface area is 219 Å². The van der Waals surface area contributed by atoms with Crippen molar-refractivity contribution >= 4 is 23.2 Å². The first-order valence-electron chi connectivity index (χ1n) is 11.1. The van der Waals surface area contributed by atoms with E-state index < -0.39 is 30.6 Å². The van der Waals surface area contributed by atoms with Crippen molar-refractivity contribution in [2.75, 3.05) is 0 Å². The van der Waals surface area contributed by atoms with Crippen molar-refractivity contribution in [3.05, 3.63) is 86.4 Å². The smallest absolute Gasteiger partial charge is 0.385 e. The number of hydrogen-bond donors (Lipinski definition) is 2. The van der Waals surface area contributed by atoms with Gasteiger partial charge in [0.05, 0.1) is 24.5 Å². The minimum atomic E-state index is -4.92. The lowest BCUT2D eigenvalue weighted by Crippen LogP contribution is -2.37. The Balaban J connectivity index is 1.82. The maximum Gasteiger partial charge on any atom is 0.416 e. The van der Waals surface area contributed by atoms with Gasteiger partial charge in [0.15, 0.2) is 17.8 Å². The lowest BCUT2D eigenvalue weighted by molar-refractivity contribution is -0.207. The van der Waals surface area contributed by atoms with Gasteiger partial charge in [0.2, 0.25) is 0 Å². The predicted octanol–water partition coefficient (Wildman–Crippen LogP) is 4.54. The number of aliphatic hydroxyl groups excluding tert-OH is 2. The van der Waals surface area contributed by atoms with Crippen molar-refractivity contribution < 1.29 is 23.4 Å². The molecule has 2 atom stereocenters. The minimum Gasteiger partial charge on any atom is -0.385 e. The first-order chi connectivity index (χ1) is 17.4. The van der Waals surface area contributed by atoms with Crippen molar-refractivity contribution in [3.8, 4) is 16.9 Å². The van der Waals surface area contributed by atoms with Crippen molar-refractivity contribution in [2.45, 2.75) is 45.3 Å². The first kappa shape index (κ1) is 26.9. The first-order valence-corrected chi connectivity index (χ1v) is 11.8. The van der Waals surface area contributed by atoms with Gasteiger partial charge in [0.25, 0.3) is 0 Å². The number of hydrogen-bond acceptors (Lipinski definition) is 5. The molecule has 4 aromatic rings. The average Bonchev–Trinajstić information content (AvgIpc) is 3.35. The van der Waals surface area contributed by atoms with Crippen LogP contribution in [-0.2, 0) is 13.1 Å². The molecule has 4 rings (SSSR count). The van der Waals surface area contributed by atoms with E-state index in [1.165, 1.54) is 16.2 Å². The maximum atomic E-state index is 13.4. The maximum absolute atomic E-state index is 13.4. The van der Waals surface area contributed by atoms with Crippen molar-refractivity contribution in [1.82, 2.24) is 23.9 Å². The highest BCUT2D eigenvalue weighted by molar-refractivity contribution is 6.31. The Morgan fingerprint density at radius 3 is 2.30 bits per heavy atom. The zero-order chi connectivity index (χ0) is 27.1. The zero-order valence-electron chi connectivity index (χ0n) is 19.6. The molecule has 2 aromatic heterocycles. The summed E-state index contributed by atoms with van der Waals surface area (Å²) >= 11 is 12.0. The average molecular weight is 556 g/mol. The highest BCUT2D eigenvalue weighted by Crippen LogP contribution is 2.28. The van der Waals surface area contributed by atoms with Gasteiger partial charge in [-0.1, -0.05) is 41.4 Å². The summed E-state index contributed by atoms with van der Waals surface area (Å²) in [5.74, 6) is 0.324. The van der Waals surface area contributed by atoms with Crippen LogP contribution in [0.1, 0.15) is 30.4 Å². The van der Waals surface area contributed by atoms with Gasteiger partial charge in [0, 0.05) is 21.3 Å². The second kappa shape index (κ2) is 10.3. The monoisotopic (exact) mass is 555 g/mol. The molecule has 0 radical (unpaired) electrons. The second-order valence-electron chi connectivity index (χ2n) is 8.43. The summed E-state index contributed by atoms with van der Waals surface area (Å²) in [5.41, 5.74) is 0.700. The van der Waals surface area contributed by atoms with Gasteiger partial charge in [-0.3, -0.25) is 9.13 Å². The number of halogens is 5. The second-order valence-corrected chi connectivity index (χ2v) is 9.30. The van der Waals surface area contributed by atoms with E-state index in [2.05, 4.69) is 10.1 Å². The highest BCUT2D eigenvalue weighted by Gasteiger charge is 2.39. The number of imidazole rings is 1. The summed E-state index contributed by atoms with van der Waals surface area (Å²) in [6, 6.07) is 12.9. The molecule has 0 spiro atoms. The molecular weight excluding hydrogens is 534 g/mol. The van der Waals surface area contributed by atoms with Gasteiger partial charge in [-0.15, -0.1) is 5.10 Å². The third kappa shape index (κ3) is 5.59. The van der Waals surface area contributed by atoms with Crippen LogP contribution >= 0.6 is 23.2 Å². The number of benzene rings is 2. The highest BCUT2D eigenvalue weighted by atomic mass is 35.5. The normalized spacial score (nSPS) is 13.6. The molecule has 0 unspecified atom stereocenters. The minimum absolute atomic E-state index is 0.136. The van der Waals surface area contributed by atoms with E-state index in [0.29, 0.717) is 27.0 Å². The Bertz CT molecular complexity index is 1480. The van der Waals surface area contributed by atoms with E-state index in [1.54, 1.807) is 55.5 Å². The van der Waals surface area contributed by atoms with E-state index in [1.807, 2.05) is 0 Å². The Morgan fingerprint density at radius 1 is 1.03 bits per heavy atom. The topological polar surface area (TPSA) is 98.1 Å². The quantitative estimate of drug-likeness (QED) is 0.349. The SMILES string of the molecule is Cc1c(-c2ccc(Cl)cc2)n(C[C@H](O)C(F)(F)F)c(=O)n1Cc1nc([C@H](C)O)n(-c2cccc(Cl)c2)n1. The summed E-state index contributed by atoms with van der Waals surface area (Å²) in [7, 11) is 0. The summed E-state index contributed by atoms with van der Waals surface area (Å²) in [5, 5.41) is 25.2. The van der Waals surface area contributed by atoms with Gasteiger partial charge < -0.3 is 10.2 Å². The Hall–Kier alpha value is -3.12. The molecule has 196 valence electrons. The zero-order valence-corrected chi connectivity index (χ0v) is 21.1. The van der Waals surface area contributed by atoms with Gasteiger partial charge in [-0.2, -0.15) is 13.2 Å². The van der Waals surface area contributed by atoms with Crippen LogP contribution in [0, 0.1) is 6.92 Å². The molecule has 0 aliphatic heterocycles. The molecule has 0 saturated heterocycles. The largest absolute Gasteiger partial charge is 0.416 e. The van der Waals surface area contributed by atoms with Crippen molar-refractivity contribution in [1.29, 1.82) is 0 Å². The van der Waals surface area contributed by atoms with E-state index >= 15 is 0 Å². The fourth-order valence-electron chi connectivity index (χ4n) is 3.96. The molecular formula is C24H22Cl2F3N5O3. The third-order valence-corrected chi connectivity index (χ3v) is 6.22. The predicted molar refractivity (Wildman–Crippen MR) is 132 cm³/mol. The molecule has 2 aromatic carbocycles. The standard InChI is InChI=1S/C24H22Cl2F3N5O3/c1-13-21(15-6-8-16(25)9-7-15)33(11-19(36)24(27,28)29)23(37)32(13)12-20-30-22(14(2)35)34(31-20)18-5-3-4-17(26)10-18/h3-10,14,19,35-36H,11-12H2,1-2H3/t14-,19-/m0/s1.